The van der Waals surface area contributed by atoms with Crippen LogP contribution in [-0.4, -0.2) is 14.4 Å². The van der Waals surface area contributed by atoms with Gasteiger partial charge in [-0.15, -0.1) is 0 Å². The number of nitrogens with one attached hydrogen (secondary N) is 1. The largest absolute Gasteiger partial charge is 0.339 e. The average molecular weight is 435 g/mol. The van der Waals surface area contributed by atoms with E-state index in [1.54, 1.807) is 0 Å². The summed E-state index contributed by atoms with van der Waals surface area (Å²) in [5, 5.41) is 4.14. The van der Waals surface area contributed by atoms with Crippen LogP contribution in [0.2, 0.25) is 5.02 Å². The summed E-state index contributed by atoms with van der Waals surface area (Å²) in [4.78, 5) is 9.33. The van der Waals surface area contributed by atoms with Gasteiger partial charge in [-0.2, -0.15) is 0 Å². The molecule has 0 aliphatic carbocycles. The van der Waals surface area contributed by atoms with Crippen molar-refractivity contribution in [2.75, 3.05) is 5.32 Å². The Morgan fingerprint density at radius 1 is 0.844 bits per heavy atom. The van der Waals surface area contributed by atoms with Crippen molar-refractivity contribution in [1.29, 1.82) is 0 Å². The van der Waals surface area contributed by atoms with Gasteiger partial charge in [-0.05, 0) is 61.4 Å². The first kappa shape index (κ1) is 19.9. The maximum atomic E-state index is 6.28. The van der Waals surface area contributed by atoms with Gasteiger partial charge in [0.15, 0.2) is 0 Å². The van der Waals surface area contributed by atoms with Gasteiger partial charge in [0, 0.05) is 28.7 Å². The molecule has 5 aromatic rings. The molecule has 0 saturated carbocycles. The quantitative estimate of drug-likeness (QED) is 0.329. The van der Waals surface area contributed by atoms with Crippen molar-refractivity contribution in [1.82, 2.24) is 14.4 Å². The molecule has 1 N–H and O–H groups in total. The van der Waals surface area contributed by atoms with Crippen LogP contribution < -0.4 is 5.32 Å². The van der Waals surface area contributed by atoms with Crippen molar-refractivity contribution < 1.29 is 0 Å². The topological polar surface area (TPSA) is 42.2 Å². The summed E-state index contributed by atoms with van der Waals surface area (Å²) in [6.07, 6.45) is 1.87. The molecule has 3 aromatic heterocycles. The minimum atomic E-state index is 0.642. The summed E-state index contributed by atoms with van der Waals surface area (Å²) in [6.45, 7) is 1.96. The third-order valence-electron chi connectivity index (χ3n) is 4.98. The maximum Gasteiger partial charge on any atom is 0.143 e. The van der Waals surface area contributed by atoms with Crippen LogP contribution in [0.5, 0.6) is 0 Å². The lowest BCUT2D eigenvalue weighted by Gasteiger charge is -2.09. The van der Waals surface area contributed by atoms with Crippen LogP contribution in [-0.2, 0) is 0 Å². The van der Waals surface area contributed by atoms with Crippen LogP contribution in [0, 0.1) is 18.8 Å². The highest BCUT2D eigenvalue weighted by molar-refractivity contribution is 6.30. The molecule has 0 spiro atoms. The van der Waals surface area contributed by atoms with E-state index in [9.17, 15) is 0 Å². The van der Waals surface area contributed by atoms with E-state index in [-0.39, 0.29) is 0 Å². The summed E-state index contributed by atoms with van der Waals surface area (Å²) in [5.74, 6) is 7.22. The third kappa shape index (κ3) is 4.20. The number of aromatic nitrogens is 3. The zero-order valence-electron chi connectivity index (χ0n) is 17.4. The molecule has 0 amide bonds. The number of para-hydroxylation sites is 1. The number of imidazole rings is 1. The second kappa shape index (κ2) is 8.58. The molecule has 5 rings (SSSR count). The van der Waals surface area contributed by atoms with Crippen LogP contribution >= 0.6 is 11.6 Å². The van der Waals surface area contributed by atoms with E-state index in [1.807, 2.05) is 102 Å². The molecule has 0 atom stereocenters. The van der Waals surface area contributed by atoms with Gasteiger partial charge in [0.2, 0.25) is 0 Å². The van der Waals surface area contributed by atoms with Gasteiger partial charge in [-0.3, -0.25) is 4.40 Å². The average Bonchev–Trinajstić information content (AvgIpc) is 3.16. The first-order chi connectivity index (χ1) is 15.7. The van der Waals surface area contributed by atoms with Gasteiger partial charge >= 0.3 is 0 Å². The fourth-order valence-corrected chi connectivity index (χ4v) is 3.65. The summed E-state index contributed by atoms with van der Waals surface area (Å²) < 4.78 is 1.97. The lowest BCUT2D eigenvalue weighted by Crippen LogP contribution is -1.97. The van der Waals surface area contributed by atoms with E-state index in [1.165, 1.54) is 0 Å². The van der Waals surface area contributed by atoms with Crippen LogP contribution in [0.15, 0.2) is 91.1 Å². The lowest BCUT2D eigenvalue weighted by atomic mass is 10.1. The number of hydrogen-bond donors (Lipinski definition) is 1. The maximum absolute atomic E-state index is 6.28. The molecule has 4 nitrogen and oxygen atoms in total. The van der Waals surface area contributed by atoms with Crippen LogP contribution in [0.25, 0.3) is 16.9 Å². The number of anilines is 2. The highest BCUT2D eigenvalue weighted by Gasteiger charge is 2.15. The normalized spacial score (nSPS) is 10.6. The predicted molar refractivity (Wildman–Crippen MR) is 130 cm³/mol. The SMILES string of the molecule is Cc1cccc(C#Cc2cccc(-c3nc4ccc(Cl)cn4c3Nc3ccccc3)c2)n1. The van der Waals surface area contributed by atoms with Gasteiger partial charge < -0.3 is 5.32 Å². The standard InChI is InChI=1S/C27H19ClN4/c1-19-7-5-12-24(29-19)15-13-20-8-6-9-21(17-20)26-27(30-23-10-3-2-4-11-23)32-18-22(28)14-16-25(32)31-26/h2-12,14,16-18,30H,1H3. The molecule has 0 radical (unpaired) electrons. The molecule has 0 fully saturated rings. The molecule has 2 aromatic carbocycles. The van der Waals surface area contributed by atoms with E-state index in [2.05, 4.69) is 22.1 Å². The fraction of sp³-hybridized carbons (Fsp3) is 0.0370. The molecular formula is C27H19ClN4. The van der Waals surface area contributed by atoms with Gasteiger partial charge in [-0.25, -0.2) is 9.97 Å². The predicted octanol–water partition coefficient (Wildman–Crippen LogP) is 6.50. The Balaban J connectivity index is 1.59. The zero-order chi connectivity index (χ0) is 21.9. The Morgan fingerprint density at radius 2 is 1.69 bits per heavy atom. The third-order valence-corrected chi connectivity index (χ3v) is 5.20. The summed E-state index contributed by atoms with van der Waals surface area (Å²) in [7, 11) is 0. The Labute approximate surface area is 191 Å². The molecule has 154 valence electrons. The van der Waals surface area contributed by atoms with Crippen LogP contribution in [0.3, 0.4) is 0 Å². The van der Waals surface area contributed by atoms with E-state index < -0.39 is 0 Å². The van der Waals surface area contributed by atoms with E-state index >= 15 is 0 Å². The Hall–Kier alpha value is -4.07. The Morgan fingerprint density at radius 3 is 2.53 bits per heavy atom. The molecule has 0 unspecified atom stereocenters. The van der Waals surface area contributed by atoms with Gasteiger partial charge in [0.05, 0.1) is 5.02 Å². The Kier molecular flexibility index (Phi) is 5.33. The fourth-order valence-electron chi connectivity index (χ4n) is 3.49. The molecular weight excluding hydrogens is 416 g/mol. The molecule has 32 heavy (non-hydrogen) atoms. The summed E-state index contributed by atoms with van der Waals surface area (Å²) >= 11 is 6.28. The molecule has 0 saturated heterocycles. The monoisotopic (exact) mass is 434 g/mol. The second-order valence-electron chi connectivity index (χ2n) is 7.37. The van der Waals surface area contributed by atoms with Crippen molar-refractivity contribution in [3.63, 3.8) is 0 Å². The van der Waals surface area contributed by atoms with Crippen molar-refractivity contribution in [3.8, 4) is 23.1 Å². The van der Waals surface area contributed by atoms with Gasteiger partial charge in [-0.1, -0.05) is 53.9 Å². The number of rotatable bonds is 3. The number of fused-ring (bicyclic) bond motifs is 1. The smallest absolute Gasteiger partial charge is 0.143 e. The zero-order valence-corrected chi connectivity index (χ0v) is 18.1. The number of nitrogens with zero attached hydrogens (tertiary/aromatic N) is 3. The van der Waals surface area contributed by atoms with Crippen molar-refractivity contribution in [3.05, 3.63) is 113 Å². The molecule has 3 heterocycles. The highest BCUT2D eigenvalue weighted by Crippen LogP contribution is 2.32. The van der Waals surface area contributed by atoms with Gasteiger partial charge in [0.25, 0.3) is 0 Å². The first-order valence-corrected chi connectivity index (χ1v) is 10.6. The molecule has 0 bridgehead atoms. The summed E-state index contributed by atoms with van der Waals surface area (Å²) in [6, 6.07) is 27.7. The number of benzene rings is 2. The highest BCUT2D eigenvalue weighted by atomic mass is 35.5. The summed E-state index contributed by atoms with van der Waals surface area (Å²) in [5.41, 5.74) is 6.17. The molecule has 0 aliphatic heterocycles. The van der Waals surface area contributed by atoms with Crippen LogP contribution in [0.1, 0.15) is 17.0 Å². The minimum Gasteiger partial charge on any atom is -0.339 e. The van der Waals surface area contributed by atoms with Crippen molar-refractivity contribution >= 4 is 28.8 Å². The van der Waals surface area contributed by atoms with Crippen molar-refractivity contribution in [2.24, 2.45) is 0 Å². The number of hydrogen-bond acceptors (Lipinski definition) is 3. The van der Waals surface area contributed by atoms with E-state index in [4.69, 9.17) is 16.6 Å². The first-order valence-electron chi connectivity index (χ1n) is 10.2. The minimum absolute atomic E-state index is 0.642. The van der Waals surface area contributed by atoms with Gasteiger partial charge in [0.1, 0.15) is 22.9 Å². The molecule has 0 aliphatic rings. The van der Waals surface area contributed by atoms with Crippen molar-refractivity contribution in [2.45, 2.75) is 6.92 Å². The van der Waals surface area contributed by atoms with E-state index in [0.717, 1.165) is 45.4 Å². The lowest BCUT2D eigenvalue weighted by molar-refractivity contribution is 1.18. The Bertz CT molecular complexity index is 1480. The number of halogens is 1. The number of aryl methyl sites for hydroxylation is 1. The number of pyridine rings is 2. The molecule has 5 heteroatoms. The second-order valence-corrected chi connectivity index (χ2v) is 7.81. The van der Waals surface area contributed by atoms with E-state index in [0.29, 0.717) is 5.02 Å². The van der Waals surface area contributed by atoms with Crippen LogP contribution in [0.4, 0.5) is 11.5 Å².